The Labute approximate surface area is 231 Å². The quantitative estimate of drug-likeness (QED) is 0.214. The number of anilines is 2. The van der Waals surface area contributed by atoms with Crippen molar-refractivity contribution in [1.29, 1.82) is 0 Å². The maximum atomic E-state index is 12.1. The number of pyridine rings is 1. The van der Waals surface area contributed by atoms with Crippen LogP contribution in [0.5, 0.6) is 0 Å². The number of hydrogen-bond acceptors (Lipinski definition) is 11. The predicted octanol–water partition coefficient (Wildman–Crippen LogP) is 1.65. The number of ether oxygens (including phenoxy) is 2. The van der Waals surface area contributed by atoms with Crippen LogP contribution in [0.1, 0.15) is 11.1 Å². The zero-order valence-corrected chi connectivity index (χ0v) is 22.1. The molecule has 0 N–H and O–H groups in total. The third-order valence-electron chi connectivity index (χ3n) is 6.23. The molecule has 1 aliphatic rings. The van der Waals surface area contributed by atoms with Gasteiger partial charge in [-0.05, 0) is 12.1 Å². The van der Waals surface area contributed by atoms with Gasteiger partial charge in [-0.2, -0.15) is 5.10 Å². The number of piperazine rings is 1. The summed E-state index contributed by atoms with van der Waals surface area (Å²) in [5.41, 5.74) is 3.16. The second-order valence-electron chi connectivity index (χ2n) is 8.93. The van der Waals surface area contributed by atoms with Gasteiger partial charge in [-0.15, -0.1) is 0 Å². The lowest BCUT2D eigenvalue weighted by Crippen LogP contribution is -2.56. The summed E-state index contributed by atoms with van der Waals surface area (Å²) in [5, 5.41) is 4.30. The van der Waals surface area contributed by atoms with Crippen LogP contribution in [0.25, 0.3) is 11.3 Å². The van der Waals surface area contributed by atoms with Crippen LogP contribution < -0.4 is 9.80 Å². The number of hydrogen-bond donors (Lipinski definition) is 0. The van der Waals surface area contributed by atoms with Crippen LogP contribution in [0.2, 0.25) is 0 Å². The molecule has 0 aliphatic carbocycles. The van der Waals surface area contributed by atoms with Crippen LogP contribution in [0.4, 0.5) is 16.3 Å². The molecule has 206 valence electrons. The van der Waals surface area contributed by atoms with Gasteiger partial charge in [-0.3, -0.25) is 9.67 Å². The van der Waals surface area contributed by atoms with Gasteiger partial charge in [0.15, 0.2) is 0 Å². The van der Waals surface area contributed by atoms with E-state index < -0.39 is 6.67 Å². The highest BCUT2D eigenvalue weighted by molar-refractivity contribution is 5.57. The van der Waals surface area contributed by atoms with E-state index >= 15 is 0 Å². The molecule has 0 unspecified atom stereocenters. The maximum Gasteiger partial charge on any atom is 0.228 e. The predicted molar refractivity (Wildman–Crippen MR) is 145 cm³/mol. The van der Waals surface area contributed by atoms with E-state index in [4.69, 9.17) is 9.47 Å². The molecule has 5 rings (SSSR count). The summed E-state index contributed by atoms with van der Waals surface area (Å²) in [5.74, 6) is 7.50. The molecular weight excluding hydrogens is 515 g/mol. The van der Waals surface area contributed by atoms with E-state index in [1.807, 2.05) is 18.3 Å². The lowest BCUT2D eigenvalue weighted by atomic mass is 10.2. The standard InChI is InChI=1S/C27H29FN10O2/c1-39-18-24-17-36(7-8-38(24)27-33-19-29-20-34-27)26-31-13-22(14-32-26)3-2-21-4-5-25(30-12-21)23-15-35-37(16-23)9-11-40-10-6-28/h4-5,12-16,19-20,24H,6-11,17-18H2,1H3/t24-/m1/s1. The van der Waals surface area contributed by atoms with Crippen LogP contribution >= 0.6 is 0 Å². The smallest absolute Gasteiger partial charge is 0.228 e. The third kappa shape index (κ3) is 6.90. The van der Waals surface area contributed by atoms with E-state index in [0.717, 1.165) is 23.4 Å². The molecule has 13 heteroatoms. The Morgan fingerprint density at radius 2 is 1.73 bits per heavy atom. The molecule has 0 bridgehead atoms. The average molecular weight is 545 g/mol. The summed E-state index contributed by atoms with van der Waals surface area (Å²) in [7, 11) is 1.68. The third-order valence-corrected chi connectivity index (χ3v) is 6.23. The van der Waals surface area contributed by atoms with Gasteiger partial charge in [0.1, 0.15) is 19.3 Å². The van der Waals surface area contributed by atoms with Gasteiger partial charge in [-0.25, -0.2) is 29.3 Å². The number of halogens is 1. The summed E-state index contributed by atoms with van der Waals surface area (Å²) < 4.78 is 24.5. The van der Waals surface area contributed by atoms with E-state index in [1.54, 1.807) is 36.6 Å². The summed E-state index contributed by atoms with van der Waals surface area (Å²) in [6.45, 7) is 3.21. The van der Waals surface area contributed by atoms with Crippen molar-refractivity contribution in [2.24, 2.45) is 0 Å². The number of nitrogens with zero attached hydrogens (tertiary/aromatic N) is 10. The molecule has 5 heterocycles. The second kappa shape index (κ2) is 13.5. The van der Waals surface area contributed by atoms with E-state index in [-0.39, 0.29) is 12.6 Å². The second-order valence-corrected chi connectivity index (χ2v) is 8.93. The monoisotopic (exact) mass is 544 g/mol. The molecule has 0 saturated carbocycles. The van der Waals surface area contributed by atoms with Crippen molar-refractivity contribution >= 4 is 11.9 Å². The number of methoxy groups -OCH3 is 1. The minimum absolute atomic E-state index is 0.0513. The highest BCUT2D eigenvalue weighted by Gasteiger charge is 2.30. The largest absolute Gasteiger partial charge is 0.382 e. The lowest BCUT2D eigenvalue weighted by molar-refractivity contribution is 0.110. The number of rotatable bonds is 10. The first-order chi connectivity index (χ1) is 19.7. The Bertz CT molecular complexity index is 1410. The minimum Gasteiger partial charge on any atom is -0.382 e. The fourth-order valence-corrected chi connectivity index (χ4v) is 4.28. The molecule has 12 nitrogen and oxygen atoms in total. The average Bonchev–Trinajstić information content (AvgIpc) is 3.48. The van der Waals surface area contributed by atoms with Gasteiger partial charge in [-0.1, -0.05) is 11.8 Å². The van der Waals surface area contributed by atoms with E-state index in [2.05, 4.69) is 56.6 Å². The molecule has 0 spiro atoms. The van der Waals surface area contributed by atoms with Gasteiger partial charge in [0.05, 0.1) is 49.9 Å². The molecule has 0 radical (unpaired) electrons. The molecule has 0 amide bonds. The molecule has 1 saturated heterocycles. The van der Waals surface area contributed by atoms with Gasteiger partial charge < -0.3 is 19.3 Å². The van der Waals surface area contributed by atoms with Crippen LogP contribution in [0.3, 0.4) is 0 Å². The zero-order valence-electron chi connectivity index (χ0n) is 22.1. The summed E-state index contributed by atoms with van der Waals surface area (Å²) in [4.78, 5) is 30.3. The van der Waals surface area contributed by atoms with Crippen LogP contribution in [0.15, 0.2) is 55.8 Å². The van der Waals surface area contributed by atoms with Crippen molar-refractivity contribution in [3.63, 3.8) is 0 Å². The first kappa shape index (κ1) is 27.0. The molecular formula is C27H29FN10O2. The molecule has 1 fully saturated rings. The number of alkyl halides is 1. The van der Waals surface area contributed by atoms with Crippen molar-refractivity contribution in [1.82, 2.24) is 39.7 Å². The first-order valence-electron chi connectivity index (χ1n) is 12.8. The fraction of sp³-hybridized carbons (Fsp3) is 0.370. The van der Waals surface area contributed by atoms with E-state index in [1.165, 1.54) is 12.7 Å². The van der Waals surface area contributed by atoms with Crippen molar-refractivity contribution in [3.05, 3.63) is 66.9 Å². The Morgan fingerprint density at radius 3 is 2.48 bits per heavy atom. The van der Waals surface area contributed by atoms with Gasteiger partial charge in [0.25, 0.3) is 0 Å². The van der Waals surface area contributed by atoms with Crippen LogP contribution in [-0.2, 0) is 16.0 Å². The Morgan fingerprint density at radius 1 is 0.925 bits per heavy atom. The van der Waals surface area contributed by atoms with Gasteiger partial charge >= 0.3 is 0 Å². The first-order valence-corrected chi connectivity index (χ1v) is 12.8. The Kier molecular flexibility index (Phi) is 9.13. The zero-order chi connectivity index (χ0) is 27.6. The highest BCUT2D eigenvalue weighted by Crippen LogP contribution is 2.19. The molecule has 1 aliphatic heterocycles. The molecule has 4 aromatic heterocycles. The summed E-state index contributed by atoms with van der Waals surface area (Å²) in [6, 6.07) is 3.86. The van der Waals surface area contributed by atoms with Crippen molar-refractivity contribution in [3.8, 4) is 23.1 Å². The summed E-state index contributed by atoms with van der Waals surface area (Å²) >= 11 is 0. The Hall–Kier alpha value is -4.54. The SMILES string of the molecule is COC[C@H]1CN(c2ncc(C#Cc3ccc(-c4cnn(CCOCCF)c4)nc3)cn2)CCN1c1ncncn1. The molecule has 0 aromatic carbocycles. The molecule has 40 heavy (non-hydrogen) atoms. The van der Waals surface area contributed by atoms with Crippen LogP contribution in [-0.4, -0.2) is 99.0 Å². The van der Waals surface area contributed by atoms with Crippen molar-refractivity contribution in [2.75, 3.05) is 63.0 Å². The van der Waals surface area contributed by atoms with Crippen molar-refractivity contribution < 1.29 is 13.9 Å². The topological polar surface area (TPSA) is 120 Å². The minimum atomic E-state index is -0.486. The Balaban J connectivity index is 1.18. The fourth-order valence-electron chi connectivity index (χ4n) is 4.28. The van der Waals surface area contributed by atoms with E-state index in [9.17, 15) is 4.39 Å². The number of aromatic nitrogens is 8. The van der Waals surface area contributed by atoms with Gasteiger partial charge in [0, 0.05) is 62.7 Å². The van der Waals surface area contributed by atoms with E-state index in [0.29, 0.717) is 50.3 Å². The highest BCUT2D eigenvalue weighted by atomic mass is 19.1. The maximum absolute atomic E-state index is 12.1. The van der Waals surface area contributed by atoms with Crippen molar-refractivity contribution in [2.45, 2.75) is 12.6 Å². The molecule has 1 atom stereocenters. The summed E-state index contributed by atoms with van der Waals surface area (Å²) in [6.07, 6.45) is 11.8. The van der Waals surface area contributed by atoms with Crippen LogP contribution in [0, 0.1) is 11.8 Å². The normalized spacial score (nSPS) is 15.1. The lowest BCUT2D eigenvalue weighted by Gasteiger charge is -2.40. The van der Waals surface area contributed by atoms with Gasteiger partial charge in [0.2, 0.25) is 11.9 Å². The molecule has 4 aromatic rings.